The number of carbonyl (C=O) groups is 2. The van der Waals surface area contributed by atoms with E-state index >= 15 is 0 Å². The summed E-state index contributed by atoms with van der Waals surface area (Å²) >= 11 is 0. The quantitative estimate of drug-likeness (QED) is 0.844. The van der Waals surface area contributed by atoms with Crippen molar-refractivity contribution in [1.82, 2.24) is 4.90 Å². The minimum absolute atomic E-state index is 0.140. The van der Waals surface area contributed by atoms with Crippen LogP contribution in [0.5, 0.6) is 11.5 Å². The van der Waals surface area contributed by atoms with Crippen molar-refractivity contribution in [3.05, 3.63) is 23.8 Å². The number of aliphatic carboxylic acids is 1. The van der Waals surface area contributed by atoms with E-state index in [9.17, 15) is 22.8 Å². The largest absolute Gasteiger partial charge is 0.493 e. The molecule has 2 atom stereocenters. The van der Waals surface area contributed by atoms with Crippen molar-refractivity contribution in [1.29, 1.82) is 5.26 Å². The summed E-state index contributed by atoms with van der Waals surface area (Å²) in [5, 5.41) is 17.8. The van der Waals surface area contributed by atoms with Crippen LogP contribution in [0.1, 0.15) is 5.56 Å². The number of nitriles is 1. The maximum atomic E-state index is 13.0. The lowest BCUT2D eigenvalue weighted by Crippen LogP contribution is -2.35. The fraction of sp³-hybridized carbons (Fsp3) is 0.438. The number of carbonyl (C=O) groups excluding carboxylic acids is 1. The van der Waals surface area contributed by atoms with Gasteiger partial charge in [-0.25, -0.2) is 0 Å². The topological polar surface area (TPSA) is 99.9 Å². The maximum Gasteiger partial charge on any atom is 0.394 e. The Morgan fingerprint density at radius 1 is 1.35 bits per heavy atom. The number of hydrogen-bond donors (Lipinski definition) is 1. The summed E-state index contributed by atoms with van der Waals surface area (Å²) < 4.78 is 49.2. The number of likely N-dealkylation sites (tertiary alicyclic amines) is 1. The van der Waals surface area contributed by atoms with Gasteiger partial charge in [-0.05, 0) is 12.1 Å². The van der Waals surface area contributed by atoms with Gasteiger partial charge >= 0.3 is 12.1 Å². The molecule has 0 radical (unpaired) electrons. The van der Waals surface area contributed by atoms with Crippen LogP contribution in [-0.2, 0) is 9.59 Å². The SMILES string of the molecule is COc1cc(C#N)ccc1OCC(=O)N1C[C@@H](C(F)(F)F)[C@H](C(=O)O)C1. The predicted octanol–water partition coefficient (Wildman–Crippen LogP) is 1.67. The van der Waals surface area contributed by atoms with Crippen molar-refractivity contribution >= 4 is 11.9 Å². The minimum Gasteiger partial charge on any atom is -0.493 e. The highest BCUT2D eigenvalue weighted by molar-refractivity contribution is 5.80. The number of halogens is 3. The molecule has 1 aromatic rings. The van der Waals surface area contributed by atoms with Crippen LogP contribution < -0.4 is 9.47 Å². The van der Waals surface area contributed by atoms with Gasteiger partial charge in [-0.2, -0.15) is 18.4 Å². The van der Waals surface area contributed by atoms with Crippen molar-refractivity contribution in [3.8, 4) is 17.6 Å². The molecule has 0 aliphatic carbocycles. The van der Waals surface area contributed by atoms with Crippen LogP contribution in [0.2, 0.25) is 0 Å². The van der Waals surface area contributed by atoms with Crippen LogP contribution in [0.25, 0.3) is 0 Å². The molecule has 26 heavy (non-hydrogen) atoms. The van der Waals surface area contributed by atoms with Crippen LogP contribution in [0.15, 0.2) is 18.2 Å². The first kappa shape index (κ1) is 19.4. The van der Waals surface area contributed by atoms with Crippen molar-refractivity contribution in [2.45, 2.75) is 6.18 Å². The molecule has 0 bridgehead atoms. The van der Waals surface area contributed by atoms with Crippen LogP contribution in [-0.4, -0.2) is 54.9 Å². The molecule has 0 unspecified atom stereocenters. The molecule has 1 saturated heterocycles. The van der Waals surface area contributed by atoms with E-state index in [0.717, 1.165) is 4.90 Å². The third kappa shape index (κ3) is 4.17. The van der Waals surface area contributed by atoms with Gasteiger partial charge in [-0.1, -0.05) is 0 Å². The Morgan fingerprint density at radius 3 is 2.54 bits per heavy atom. The van der Waals surface area contributed by atoms with E-state index in [1.807, 2.05) is 6.07 Å². The van der Waals surface area contributed by atoms with Crippen molar-refractivity contribution in [2.24, 2.45) is 11.8 Å². The first-order valence-corrected chi connectivity index (χ1v) is 7.45. The summed E-state index contributed by atoms with van der Waals surface area (Å²) in [6.07, 6.45) is -4.71. The number of alkyl halides is 3. The second-order valence-corrected chi connectivity index (χ2v) is 5.66. The molecule has 0 spiro atoms. The number of rotatable bonds is 5. The van der Waals surface area contributed by atoms with Gasteiger partial charge in [0.15, 0.2) is 18.1 Å². The highest BCUT2D eigenvalue weighted by Gasteiger charge is 2.53. The first-order valence-electron chi connectivity index (χ1n) is 7.45. The number of carboxylic acids is 1. The zero-order valence-corrected chi connectivity index (χ0v) is 13.6. The van der Waals surface area contributed by atoms with Gasteiger partial charge in [0, 0.05) is 19.2 Å². The van der Waals surface area contributed by atoms with Crippen molar-refractivity contribution < 1.29 is 37.3 Å². The third-order valence-corrected chi connectivity index (χ3v) is 4.05. The Hall–Kier alpha value is -2.96. The highest BCUT2D eigenvalue weighted by Crippen LogP contribution is 2.37. The normalized spacial score (nSPS) is 19.7. The molecule has 1 amide bonds. The lowest BCUT2D eigenvalue weighted by molar-refractivity contribution is -0.188. The lowest BCUT2D eigenvalue weighted by Gasteiger charge is -2.18. The molecule has 1 aliphatic heterocycles. The monoisotopic (exact) mass is 372 g/mol. The number of carboxylic acid groups (broad SMARTS) is 1. The average molecular weight is 372 g/mol. The molecule has 140 valence electrons. The molecular formula is C16H15F3N2O5. The molecule has 10 heteroatoms. The van der Waals surface area contributed by atoms with Crippen molar-refractivity contribution in [2.75, 3.05) is 26.8 Å². The number of methoxy groups -OCH3 is 1. The van der Waals surface area contributed by atoms with Gasteiger partial charge in [-0.15, -0.1) is 0 Å². The fourth-order valence-corrected chi connectivity index (χ4v) is 2.68. The van der Waals surface area contributed by atoms with Gasteiger partial charge < -0.3 is 19.5 Å². The van der Waals surface area contributed by atoms with Crippen molar-refractivity contribution in [3.63, 3.8) is 0 Å². The number of amides is 1. The number of benzene rings is 1. The second kappa shape index (κ2) is 7.51. The zero-order chi connectivity index (χ0) is 19.5. The standard InChI is InChI=1S/C16H15F3N2O5/c1-25-13-4-9(5-20)2-3-12(13)26-8-14(22)21-6-10(15(23)24)11(7-21)16(17,18)19/h2-4,10-11H,6-8H2,1H3,(H,23,24)/t10-,11-/m1/s1. The number of nitrogens with zero attached hydrogens (tertiary/aromatic N) is 2. The third-order valence-electron chi connectivity index (χ3n) is 4.05. The molecule has 1 aliphatic rings. The van der Waals surface area contributed by atoms with E-state index in [1.165, 1.54) is 25.3 Å². The van der Waals surface area contributed by atoms with Gasteiger partial charge in [0.2, 0.25) is 0 Å². The smallest absolute Gasteiger partial charge is 0.394 e. The maximum absolute atomic E-state index is 13.0. The lowest BCUT2D eigenvalue weighted by atomic mass is 9.96. The van der Waals surface area contributed by atoms with E-state index in [0.29, 0.717) is 5.56 Å². The Morgan fingerprint density at radius 2 is 2.04 bits per heavy atom. The predicted molar refractivity (Wildman–Crippen MR) is 80.5 cm³/mol. The Balaban J connectivity index is 2.05. The van der Waals surface area contributed by atoms with Gasteiger partial charge in [0.05, 0.1) is 30.6 Å². The minimum atomic E-state index is -4.71. The highest BCUT2D eigenvalue weighted by atomic mass is 19.4. The molecule has 1 heterocycles. The summed E-state index contributed by atoms with van der Waals surface area (Å²) in [5.74, 6) is -5.86. The summed E-state index contributed by atoms with van der Waals surface area (Å²) in [4.78, 5) is 24.0. The summed E-state index contributed by atoms with van der Waals surface area (Å²) in [5.41, 5.74) is 0.303. The summed E-state index contributed by atoms with van der Waals surface area (Å²) in [6, 6.07) is 6.11. The Kier molecular flexibility index (Phi) is 5.59. The number of ether oxygens (including phenoxy) is 2. The number of hydrogen-bond acceptors (Lipinski definition) is 5. The zero-order valence-electron chi connectivity index (χ0n) is 13.6. The first-order chi connectivity index (χ1) is 12.2. The van der Waals surface area contributed by atoms with Crippen LogP contribution in [0.3, 0.4) is 0 Å². The molecular weight excluding hydrogens is 357 g/mol. The molecule has 1 fully saturated rings. The molecule has 7 nitrogen and oxygen atoms in total. The Labute approximate surface area is 146 Å². The van der Waals surface area contributed by atoms with Crippen LogP contribution in [0, 0.1) is 23.2 Å². The molecule has 0 aromatic heterocycles. The van der Waals surface area contributed by atoms with Gasteiger partial charge in [-0.3, -0.25) is 9.59 Å². The van der Waals surface area contributed by atoms with E-state index in [2.05, 4.69) is 0 Å². The van der Waals surface area contributed by atoms with Gasteiger partial charge in [0.25, 0.3) is 5.91 Å². The average Bonchev–Trinajstić information content (AvgIpc) is 3.05. The van der Waals surface area contributed by atoms with Crippen LogP contribution in [0.4, 0.5) is 13.2 Å². The van der Waals surface area contributed by atoms with E-state index in [1.54, 1.807) is 0 Å². The van der Waals surface area contributed by atoms with E-state index < -0.39 is 49.6 Å². The van der Waals surface area contributed by atoms with Gasteiger partial charge in [0.1, 0.15) is 0 Å². The molecule has 0 saturated carbocycles. The Bertz CT molecular complexity index is 744. The molecule has 2 rings (SSSR count). The van der Waals surface area contributed by atoms with E-state index in [-0.39, 0.29) is 11.5 Å². The van der Waals surface area contributed by atoms with Crippen LogP contribution >= 0.6 is 0 Å². The molecule has 1 aromatic carbocycles. The molecule has 1 N–H and O–H groups in total. The fourth-order valence-electron chi connectivity index (χ4n) is 2.68. The van der Waals surface area contributed by atoms with E-state index in [4.69, 9.17) is 19.8 Å². The summed E-state index contributed by atoms with van der Waals surface area (Å²) in [6.45, 7) is -1.85. The second-order valence-electron chi connectivity index (χ2n) is 5.66. The summed E-state index contributed by atoms with van der Waals surface area (Å²) in [7, 11) is 1.33.